The number of hydrogen-bond acceptors (Lipinski definition) is 4. The van der Waals surface area contributed by atoms with Crippen LogP contribution in [0.15, 0.2) is 29.2 Å². The summed E-state index contributed by atoms with van der Waals surface area (Å²) in [6.45, 7) is 4.32. The highest BCUT2D eigenvalue weighted by Crippen LogP contribution is 2.35. The molecule has 1 aromatic carbocycles. The first-order valence-corrected chi connectivity index (χ1v) is 7.99. The number of nitrogens with zero attached hydrogens (tertiary/aromatic N) is 1. The quantitative estimate of drug-likeness (QED) is 0.819. The highest BCUT2D eigenvalue weighted by Gasteiger charge is 2.38. The minimum absolute atomic E-state index is 0.0232. The molecule has 1 N–H and O–H groups in total. The molecule has 21 heavy (non-hydrogen) atoms. The molecule has 1 aliphatic heterocycles. The van der Waals surface area contributed by atoms with Crippen LogP contribution in [0, 0.1) is 6.92 Å². The zero-order valence-corrected chi connectivity index (χ0v) is 13.1. The van der Waals surface area contributed by atoms with E-state index in [2.05, 4.69) is 0 Å². The lowest BCUT2D eigenvalue weighted by atomic mass is 10.0. The molecular formula is C16H19NO3S. The third-order valence-corrected chi connectivity index (χ3v) is 4.30. The Labute approximate surface area is 128 Å². The van der Waals surface area contributed by atoms with Gasteiger partial charge in [0.05, 0.1) is 17.1 Å². The number of imide groups is 1. The smallest absolute Gasteiger partial charge is 0.267 e. The van der Waals surface area contributed by atoms with Crippen molar-refractivity contribution in [2.24, 2.45) is 0 Å². The summed E-state index contributed by atoms with van der Waals surface area (Å²) < 4.78 is 0. The van der Waals surface area contributed by atoms with E-state index in [1.807, 2.05) is 38.1 Å². The topological polar surface area (TPSA) is 57.6 Å². The lowest BCUT2D eigenvalue weighted by Crippen LogP contribution is -2.32. The largest absolute Gasteiger partial charge is 0.396 e. The van der Waals surface area contributed by atoms with Gasteiger partial charge >= 0.3 is 0 Å². The van der Waals surface area contributed by atoms with Crippen molar-refractivity contribution in [2.45, 2.75) is 20.3 Å². The van der Waals surface area contributed by atoms with E-state index in [4.69, 9.17) is 5.11 Å². The Kier molecular flexibility index (Phi) is 5.20. The second kappa shape index (κ2) is 6.91. The summed E-state index contributed by atoms with van der Waals surface area (Å²) in [5.74, 6) is -0.0639. The van der Waals surface area contributed by atoms with Gasteiger partial charge in [-0.2, -0.15) is 0 Å². The predicted molar refractivity (Wildman–Crippen MR) is 84.7 cm³/mol. The number of aliphatic hydroxyl groups is 1. The minimum Gasteiger partial charge on any atom is -0.396 e. The van der Waals surface area contributed by atoms with Gasteiger partial charge in [0.2, 0.25) is 0 Å². The zero-order valence-electron chi connectivity index (χ0n) is 12.3. The molecule has 0 saturated heterocycles. The van der Waals surface area contributed by atoms with Gasteiger partial charge in [-0.15, -0.1) is 11.8 Å². The van der Waals surface area contributed by atoms with E-state index in [9.17, 15) is 9.59 Å². The summed E-state index contributed by atoms with van der Waals surface area (Å²) in [5.41, 5.74) is 2.33. The second-order valence-electron chi connectivity index (χ2n) is 4.90. The Hall–Kier alpha value is -1.59. The summed E-state index contributed by atoms with van der Waals surface area (Å²) in [5, 5.41) is 8.99. The van der Waals surface area contributed by atoms with Crippen LogP contribution in [0.4, 0.5) is 0 Å². The third kappa shape index (κ3) is 3.19. The Morgan fingerprint density at radius 3 is 2.38 bits per heavy atom. The van der Waals surface area contributed by atoms with Gasteiger partial charge in [-0.1, -0.05) is 36.8 Å². The van der Waals surface area contributed by atoms with Gasteiger partial charge < -0.3 is 5.11 Å². The van der Waals surface area contributed by atoms with Crippen LogP contribution in [-0.2, 0) is 9.59 Å². The fraction of sp³-hybridized carbons (Fsp3) is 0.375. The van der Waals surface area contributed by atoms with Crippen LogP contribution in [0.25, 0.3) is 5.57 Å². The molecular weight excluding hydrogens is 286 g/mol. The van der Waals surface area contributed by atoms with E-state index in [-0.39, 0.29) is 18.4 Å². The predicted octanol–water partition coefficient (Wildman–Crippen LogP) is 2.21. The molecule has 1 aromatic rings. The number of hydrogen-bond donors (Lipinski definition) is 1. The van der Waals surface area contributed by atoms with Gasteiger partial charge in [0.25, 0.3) is 11.8 Å². The van der Waals surface area contributed by atoms with Crippen molar-refractivity contribution in [2.75, 3.05) is 18.9 Å². The average Bonchev–Trinajstić information content (AvgIpc) is 2.71. The van der Waals surface area contributed by atoms with E-state index in [0.29, 0.717) is 22.8 Å². The van der Waals surface area contributed by atoms with Crippen molar-refractivity contribution in [3.63, 3.8) is 0 Å². The fourth-order valence-electron chi connectivity index (χ4n) is 2.24. The van der Waals surface area contributed by atoms with Crippen LogP contribution in [0.2, 0.25) is 0 Å². The molecule has 0 saturated carbocycles. The van der Waals surface area contributed by atoms with E-state index < -0.39 is 0 Å². The lowest BCUT2D eigenvalue weighted by molar-refractivity contribution is -0.136. The van der Waals surface area contributed by atoms with Crippen molar-refractivity contribution in [3.8, 4) is 0 Å². The van der Waals surface area contributed by atoms with Gasteiger partial charge in [-0.05, 0) is 18.9 Å². The lowest BCUT2D eigenvalue weighted by Gasteiger charge is -2.13. The summed E-state index contributed by atoms with van der Waals surface area (Å²) in [6, 6.07) is 7.59. The molecule has 0 unspecified atom stereocenters. The molecule has 0 radical (unpaired) electrons. The molecule has 0 aromatic heterocycles. The van der Waals surface area contributed by atoms with Gasteiger partial charge in [-0.3, -0.25) is 14.5 Å². The van der Waals surface area contributed by atoms with Crippen LogP contribution in [0.5, 0.6) is 0 Å². The van der Waals surface area contributed by atoms with Crippen LogP contribution < -0.4 is 0 Å². The second-order valence-corrected chi connectivity index (χ2v) is 6.01. The summed E-state index contributed by atoms with van der Waals surface area (Å²) in [6.07, 6.45) is 0.733. The van der Waals surface area contributed by atoms with Crippen molar-refractivity contribution in [3.05, 3.63) is 40.3 Å². The molecule has 0 spiro atoms. The van der Waals surface area contributed by atoms with Crippen molar-refractivity contribution < 1.29 is 14.7 Å². The van der Waals surface area contributed by atoms with Gasteiger partial charge in [0, 0.05) is 12.3 Å². The molecule has 0 aliphatic carbocycles. The van der Waals surface area contributed by atoms with Gasteiger partial charge in [0.15, 0.2) is 0 Å². The molecule has 1 aliphatic rings. The maximum absolute atomic E-state index is 12.5. The number of aliphatic hydroxyl groups excluding tert-OH is 1. The molecule has 2 amide bonds. The van der Waals surface area contributed by atoms with E-state index in [0.717, 1.165) is 17.5 Å². The van der Waals surface area contributed by atoms with E-state index in [1.165, 1.54) is 16.7 Å². The minimum atomic E-state index is -0.240. The SMILES string of the molecule is CCCN1C(=O)C(SCCO)=C(c2ccc(C)cc2)C1=O. The van der Waals surface area contributed by atoms with Crippen molar-refractivity contribution >= 4 is 29.1 Å². The Morgan fingerprint density at radius 2 is 1.81 bits per heavy atom. The Bertz CT molecular complexity index is 578. The van der Waals surface area contributed by atoms with Crippen LogP contribution in [0.3, 0.4) is 0 Å². The first-order valence-electron chi connectivity index (χ1n) is 7.01. The molecule has 5 heteroatoms. The van der Waals surface area contributed by atoms with Crippen molar-refractivity contribution in [1.29, 1.82) is 0 Å². The highest BCUT2D eigenvalue weighted by atomic mass is 32.2. The van der Waals surface area contributed by atoms with Gasteiger partial charge in [-0.25, -0.2) is 0 Å². The average molecular weight is 305 g/mol. The number of benzene rings is 1. The molecule has 4 nitrogen and oxygen atoms in total. The zero-order chi connectivity index (χ0) is 15.4. The monoisotopic (exact) mass is 305 g/mol. The fourth-order valence-corrected chi connectivity index (χ4v) is 3.12. The standard InChI is InChI=1S/C16H19NO3S/c1-3-8-17-15(19)13(12-6-4-11(2)5-7-12)14(16(17)20)21-10-9-18/h4-7,18H,3,8-10H2,1-2H3. The Morgan fingerprint density at radius 1 is 1.14 bits per heavy atom. The Balaban J connectivity index is 2.43. The molecule has 112 valence electrons. The summed E-state index contributed by atoms with van der Waals surface area (Å²) in [7, 11) is 0. The number of carbonyl (C=O) groups excluding carboxylic acids is 2. The molecule has 1 heterocycles. The first-order chi connectivity index (χ1) is 10.1. The van der Waals surface area contributed by atoms with Crippen LogP contribution in [-0.4, -0.2) is 40.7 Å². The molecule has 0 fully saturated rings. The van der Waals surface area contributed by atoms with Crippen LogP contribution >= 0.6 is 11.8 Å². The van der Waals surface area contributed by atoms with E-state index in [1.54, 1.807) is 0 Å². The number of rotatable bonds is 6. The maximum Gasteiger partial charge on any atom is 0.267 e. The maximum atomic E-state index is 12.5. The van der Waals surface area contributed by atoms with Crippen LogP contribution in [0.1, 0.15) is 24.5 Å². The van der Waals surface area contributed by atoms with Gasteiger partial charge in [0.1, 0.15) is 0 Å². The van der Waals surface area contributed by atoms with Crippen molar-refractivity contribution in [1.82, 2.24) is 4.90 Å². The molecule has 2 rings (SSSR count). The number of aryl methyl sites for hydroxylation is 1. The third-order valence-electron chi connectivity index (χ3n) is 3.25. The number of carbonyl (C=O) groups is 2. The summed E-state index contributed by atoms with van der Waals surface area (Å²) >= 11 is 1.25. The highest BCUT2D eigenvalue weighted by molar-refractivity contribution is 8.04. The number of thioether (sulfide) groups is 1. The molecule has 0 bridgehead atoms. The normalized spacial score (nSPS) is 15.3. The number of amides is 2. The molecule has 0 atom stereocenters. The van der Waals surface area contributed by atoms with E-state index >= 15 is 0 Å². The summed E-state index contributed by atoms with van der Waals surface area (Å²) in [4.78, 5) is 26.7. The first kappa shape index (κ1) is 15.8.